The Balaban J connectivity index is 1.43. The molecule has 3 unspecified atom stereocenters. The van der Waals surface area contributed by atoms with E-state index in [-0.39, 0.29) is 24.2 Å². The molecule has 2 aliphatic rings. The minimum atomic E-state index is 0.0439. The molecule has 4 rings (SSSR count). The number of aryl methyl sites for hydroxylation is 2. The van der Waals surface area contributed by atoms with E-state index < -0.39 is 0 Å². The number of aromatic nitrogens is 1. The highest BCUT2D eigenvalue weighted by atomic mass is 16.5. The summed E-state index contributed by atoms with van der Waals surface area (Å²) in [4.78, 5) is 17.9. The van der Waals surface area contributed by atoms with Crippen LogP contribution in [0.25, 0.3) is 0 Å². The van der Waals surface area contributed by atoms with Gasteiger partial charge >= 0.3 is 0 Å². The molecule has 0 N–H and O–H groups in total. The van der Waals surface area contributed by atoms with E-state index >= 15 is 0 Å². The molecule has 1 aromatic heterocycles. The Morgan fingerprint density at radius 3 is 2.61 bits per heavy atom. The Hall–Kier alpha value is -2.58. The first-order valence-corrected chi connectivity index (χ1v) is 11.8. The molecular weight excluding hydrogens is 422 g/mol. The highest BCUT2D eigenvalue weighted by molar-refractivity contribution is 5.95. The number of hydrogen-bond acceptors (Lipinski definition) is 7. The van der Waals surface area contributed by atoms with Gasteiger partial charge < -0.3 is 23.6 Å². The van der Waals surface area contributed by atoms with Crippen molar-refractivity contribution in [1.82, 2.24) is 15.0 Å². The number of rotatable bonds is 7. The topological polar surface area (TPSA) is 77.3 Å². The average molecular weight is 458 g/mol. The molecule has 180 valence electrons. The number of benzene rings is 1. The zero-order chi connectivity index (χ0) is 23.5. The van der Waals surface area contributed by atoms with Crippen molar-refractivity contribution in [1.29, 1.82) is 0 Å². The third-order valence-electron chi connectivity index (χ3n) is 6.57. The third kappa shape index (κ3) is 5.33. The van der Waals surface area contributed by atoms with Gasteiger partial charge in [-0.15, -0.1) is 0 Å². The van der Waals surface area contributed by atoms with E-state index in [1.807, 2.05) is 24.8 Å². The first kappa shape index (κ1) is 23.6. The van der Waals surface area contributed by atoms with E-state index in [0.29, 0.717) is 23.7 Å². The molecule has 2 aliphatic heterocycles. The van der Waals surface area contributed by atoms with Crippen LogP contribution in [-0.4, -0.2) is 72.4 Å². The zero-order valence-electron chi connectivity index (χ0n) is 20.3. The van der Waals surface area contributed by atoms with E-state index in [1.165, 1.54) is 0 Å². The van der Waals surface area contributed by atoms with E-state index in [0.717, 1.165) is 56.0 Å². The Morgan fingerprint density at radius 2 is 1.94 bits per heavy atom. The summed E-state index contributed by atoms with van der Waals surface area (Å²) in [6, 6.07) is 5.62. The summed E-state index contributed by atoms with van der Waals surface area (Å²) in [5.41, 5.74) is 2.35. The molecule has 8 heteroatoms. The molecule has 0 bridgehead atoms. The summed E-state index contributed by atoms with van der Waals surface area (Å²) >= 11 is 0. The summed E-state index contributed by atoms with van der Waals surface area (Å²) < 4.78 is 22.6. The molecular formula is C25H35N3O5. The summed E-state index contributed by atoms with van der Waals surface area (Å²) in [6.45, 7) is 11.8. The standard InChI is InChI=1S/C25H35N3O5/c1-16-12-27(13-17(2)32-16)14-21-7-6-10-28(21)25(29)20-8-9-23(24(11-20)30-5)31-15-22-18(3)26-33-19(22)4/h8-9,11,16-17,21H,6-7,10,12-15H2,1-5H3. The number of nitrogens with zero attached hydrogens (tertiary/aromatic N) is 3. The summed E-state index contributed by atoms with van der Waals surface area (Å²) in [6.07, 6.45) is 2.51. The van der Waals surface area contributed by atoms with E-state index in [1.54, 1.807) is 19.2 Å². The van der Waals surface area contributed by atoms with Gasteiger partial charge in [-0.3, -0.25) is 9.69 Å². The molecule has 0 spiro atoms. The van der Waals surface area contributed by atoms with Crippen molar-refractivity contribution in [3.63, 3.8) is 0 Å². The maximum absolute atomic E-state index is 13.4. The Bertz CT molecular complexity index is 945. The van der Waals surface area contributed by atoms with Gasteiger partial charge in [0.1, 0.15) is 12.4 Å². The van der Waals surface area contributed by atoms with Crippen LogP contribution in [0.15, 0.2) is 22.7 Å². The van der Waals surface area contributed by atoms with Crippen LogP contribution in [0.2, 0.25) is 0 Å². The number of ether oxygens (including phenoxy) is 3. The van der Waals surface area contributed by atoms with Gasteiger partial charge in [-0.25, -0.2) is 0 Å². The Kier molecular flexibility index (Phi) is 7.24. The molecule has 0 radical (unpaired) electrons. The van der Waals surface area contributed by atoms with Gasteiger partial charge in [-0.1, -0.05) is 5.16 Å². The van der Waals surface area contributed by atoms with E-state index in [9.17, 15) is 4.79 Å². The van der Waals surface area contributed by atoms with Crippen molar-refractivity contribution in [2.75, 3.05) is 33.3 Å². The fraction of sp³-hybridized carbons (Fsp3) is 0.600. The smallest absolute Gasteiger partial charge is 0.254 e. The van der Waals surface area contributed by atoms with Crippen molar-refractivity contribution in [2.24, 2.45) is 0 Å². The number of morpholine rings is 1. The number of carbonyl (C=O) groups excluding carboxylic acids is 1. The summed E-state index contributed by atoms with van der Waals surface area (Å²) in [5, 5.41) is 3.96. The Morgan fingerprint density at radius 1 is 1.18 bits per heavy atom. The van der Waals surface area contributed by atoms with Crippen LogP contribution < -0.4 is 9.47 Å². The van der Waals surface area contributed by atoms with Crippen LogP contribution in [0.4, 0.5) is 0 Å². The predicted molar refractivity (Wildman–Crippen MR) is 124 cm³/mol. The molecule has 2 fully saturated rings. The van der Waals surface area contributed by atoms with E-state index in [2.05, 4.69) is 23.9 Å². The van der Waals surface area contributed by atoms with Gasteiger partial charge in [0.2, 0.25) is 0 Å². The first-order valence-electron chi connectivity index (χ1n) is 11.8. The number of likely N-dealkylation sites (tertiary alicyclic amines) is 1. The van der Waals surface area contributed by atoms with Crippen molar-refractivity contribution < 1.29 is 23.5 Å². The van der Waals surface area contributed by atoms with Crippen LogP contribution >= 0.6 is 0 Å². The maximum Gasteiger partial charge on any atom is 0.254 e. The maximum atomic E-state index is 13.4. The van der Waals surface area contributed by atoms with Gasteiger partial charge in [0.05, 0.1) is 30.6 Å². The second-order valence-corrected chi connectivity index (χ2v) is 9.23. The van der Waals surface area contributed by atoms with Crippen LogP contribution in [0.5, 0.6) is 11.5 Å². The largest absolute Gasteiger partial charge is 0.493 e. The molecule has 1 amide bonds. The second-order valence-electron chi connectivity index (χ2n) is 9.23. The minimum absolute atomic E-state index is 0.0439. The van der Waals surface area contributed by atoms with Crippen molar-refractivity contribution in [3.8, 4) is 11.5 Å². The van der Waals surface area contributed by atoms with Crippen molar-refractivity contribution >= 4 is 5.91 Å². The Labute approximate surface area is 195 Å². The van der Waals surface area contributed by atoms with Gasteiger partial charge in [-0.05, 0) is 58.7 Å². The molecule has 8 nitrogen and oxygen atoms in total. The SMILES string of the molecule is COc1cc(C(=O)N2CCCC2CN2CC(C)OC(C)C2)ccc1OCc1c(C)noc1C. The predicted octanol–water partition coefficient (Wildman–Crippen LogP) is 3.59. The number of carbonyl (C=O) groups is 1. The second kappa shape index (κ2) is 10.1. The molecule has 3 heterocycles. The molecule has 0 aliphatic carbocycles. The van der Waals surface area contributed by atoms with Crippen LogP contribution in [0.3, 0.4) is 0 Å². The minimum Gasteiger partial charge on any atom is -0.493 e. The van der Waals surface area contributed by atoms with Crippen LogP contribution in [0, 0.1) is 13.8 Å². The quantitative estimate of drug-likeness (QED) is 0.629. The average Bonchev–Trinajstić information content (AvgIpc) is 3.37. The van der Waals surface area contributed by atoms with Crippen molar-refractivity contribution in [3.05, 3.63) is 40.8 Å². The van der Waals surface area contributed by atoms with Crippen LogP contribution in [0.1, 0.15) is 54.1 Å². The summed E-state index contributed by atoms with van der Waals surface area (Å²) in [5.74, 6) is 1.91. The first-order chi connectivity index (χ1) is 15.9. The third-order valence-corrected chi connectivity index (χ3v) is 6.57. The van der Waals surface area contributed by atoms with Crippen molar-refractivity contribution in [2.45, 2.75) is 65.4 Å². The lowest BCUT2D eigenvalue weighted by Gasteiger charge is -2.38. The molecule has 1 aromatic carbocycles. The van der Waals surface area contributed by atoms with Gasteiger partial charge in [0.25, 0.3) is 5.91 Å². The molecule has 2 saturated heterocycles. The lowest BCUT2D eigenvalue weighted by molar-refractivity contribution is -0.0715. The molecule has 33 heavy (non-hydrogen) atoms. The lowest BCUT2D eigenvalue weighted by atomic mass is 10.1. The highest BCUT2D eigenvalue weighted by Gasteiger charge is 2.33. The van der Waals surface area contributed by atoms with Crippen LogP contribution in [-0.2, 0) is 11.3 Å². The normalized spacial score (nSPS) is 23.7. The molecule has 3 atom stereocenters. The van der Waals surface area contributed by atoms with E-state index in [4.69, 9.17) is 18.7 Å². The van der Waals surface area contributed by atoms with Gasteiger partial charge in [0.15, 0.2) is 11.5 Å². The fourth-order valence-corrected chi connectivity index (χ4v) is 4.97. The fourth-order valence-electron chi connectivity index (χ4n) is 4.97. The number of methoxy groups -OCH3 is 1. The molecule has 2 aromatic rings. The number of hydrogen-bond donors (Lipinski definition) is 0. The lowest BCUT2D eigenvalue weighted by Crippen LogP contribution is -2.50. The molecule has 0 saturated carbocycles. The van der Waals surface area contributed by atoms with Gasteiger partial charge in [0, 0.05) is 37.8 Å². The highest BCUT2D eigenvalue weighted by Crippen LogP contribution is 2.31. The van der Waals surface area contributed by atoms with Gasteiger partial charge in [-0.2, -0.15) is 0 Å². The zero-order valence-corrected chi connectivity index (χ0v) is 20.3. The monoisotopic (exact) mass is 457 g/mol. The number of amides is 1. The summed E-state index contributed by atoms with van der Waals surface area (Å²) in [7, 11) is 1.59.